The Labute approximate surface area is 164 Å². The van der Waals surface area contributed by atoms with E-state index in [-0.39, 0.29) is 50.7 Å². The van der Waals surface area contributed by atoms with Crippen molar-refractivity contribution in [2.24, 2.45) is 0 Å². The normalized spacial score (nSPS) is 9.76. The molecule has 1 aromatic carbocycles. The number of rotatable bonds is 0. The molecule has 5 heteroatoms. The Kier molecular flexibility index (Phi) is 25.3. The molecule has 1 radical (unpaired) electrons. The molecule has 1 nitrogen and oxygen atoms in total. The molecule has 2 rings (SSSR count). The van der Waals surface area contributed by atoms with E-state index >= 15 is 0 Å². The minimum absolute atomic E-state index is 0. The van der Waals surface area contributed by atoms with Gasteiger partial charge >= 0.3 is 0 Å². The van der Waals surface area contributed by atoms with Crippen LogP contribution in [0.5, 0.6) is 0 Å². The zero-order chi connectivity index (χ0) is 14.0. The number of allylic oxidation sites excluding steroid dienone is 4. The van der Waals surface area contributed by atoms with Gasteiger partial charge in [-0.3, -0.25) is 6.08 Å². The van der Waals surface area contributed by atoms with Gasteiger partial charge in [0.15, 0.2) is 0 Å². The van der Waals surface area contributed by atoms with Crippen molar-refractivity contribution in [3.63, 3.8) is 0 Å². The topological polar surface area (TPSA) is 23.8 Å². The predicted octanol–water partition coefficient (Wildman–Crippen LogP) is 5.96. The Morgan fingerprint density at radius 2 is 1.48 bits per heavy atom. The molecular weight excluding hydrogens is 484 g/mol. The maximum Gasteiger partial charge on any atom is 0.0213 e. The summed E-state index contributed by atoms with van der Waals surface area (Å²) in [5.41, 5.74) is 11.6. The molecule has 0 saturated heterocycles. The maximum absolute atomic E-state index is 7.54. The van der Waals surface area contributed by atoms with Crippen LogP contribution in [0.25, 0.3) is 5.73 Å². The quantitative estimate of drug-likeness (QED) is 0.304. The second kappa shape index (κ2) is 18.2. The maximum atomic E-state index is 7.54. The third kappa shape index (κ3) is 14.9. The fourth-order valence-electron chi connectivity index (χ4n) is 1.52. The van der Waals surface area contributed by atoms with Gasteiger partial charge in [-0.25, -0.2) is 12.2 Å². The first-order chi connectivity index (χ1) is 8.52. The Bertz CT molecular complexity index is 388. The molecule has 0 fully saturated rings. The van der Waals surface area contributed by atoms with Crippen molar-refractivity contribution >= 4 is 40.0 Å². The molecule has 0 saturated carbocycles. The number of halogens is 2. The summed E-state index contributed by atoms with van der Waals surface area (Å²) in [4.78, 5) is 0. The van der Waals surface area contributed by atoms with Crippen LogP contribution in [0.1, 0.15) is 23.1 Å². The van der Waals surface area contributed by atoms with Gasteiger partial charge in [-0.1, -0.05) is 41.9 Å². The smallest absolute Gasteiger partial charge is 0.0213 e. The van der Waals surface area contributed by atoms with Gasteiger partial charge in [-0.05, 0) is 20.8 Å². The van der Waals surface area contributed by atoms with Crippen molar-refractivity contribution in [3.8, 4) is 0 Å². The van der Waals surface area contributed by atoms with Crippen molar-refractivity contribution in [3.05, 3.63) is 58.9 Å². The molecule has 0 unspecified atom stereocenters. The van der Waals surface area contributed by atoms with Crippen molar-refractivity contribution in [1.29, 1.82) is 0 Å². The third-order valence-electron chi connectivity index (χ3n) is 2.26. The van der Waals surface area contributed by atoms with Gasteiger partial charge in [-0.2, -0.15) is 6.08 Å². The van der Waals surface area contributed by atoms with Crippen LogP contribution >= 0.6 is 24.8 Å². The summed E-state index contributed by atoms with van der Waals surface area (Å²) in [5, 5.41) is 0. The van der Waals surface area contributed by atoms with Gasteiger partial charge in [0, 0.05) is 35.4 Å². The SMILES string of the molecule is C[SiH]C.Cc1cc(C)c([NH-])c(C)c1.Cl.Cl.[C-]1=CC=CC1.[Hf]. The van der Waals surface area contributed by atoms with Crippen LogP contribution in [0.4, 0.5) is 5.69 Å². The van der Waals surface area contributed by atoms with E-state index in [0.29, 0.717) is 5.69 Å². The number of aryl methyl sites for hydroxylation is 3. The predicted molar refractivity (Wildman–Crippen MR) is 99.6 cm³/mol. The Morgan fingerprint density at radius 1 is 1.05 bits per heavy atom. The molecule has 0 spiro atoms. The van der Waals surface area contributed by atoms with Gasteiger partial charge in [0.2, 0.25) is 0 Å². The minimum atomic E-state index is 0. The van der Waals surface area contributed by atoms with E-state index in [0.717, 1.165) is 27.1 Å². The van der Waals surface area contributed by atoms with Crippen molar-refractivity contribution in [1.82, 2.24) is 0 Å². The van der Waals surface area contributed by atoms with E-state index in [4.69, 9.17) is 5.73 Å². The van der Waals surface area contributed by atoms with Gasteiger partial charge in [0.1, 0.15) is 0 Å². The van der Waals surface area contributed by atoms with Crippen LogP contribution in [-0.4, -0.2) is 9.52 Å². The largest absolute Gasteiger partial charge is 0.698 e. The number of hydrogen-bond donors (Lipinski definition) is 0. The van der Waals surface area contributed by atoms with Gasteiger partial charge < -0.3 is 5.73 Å². The molecule has 0 bridgehead atoms. The zero-order valence-corrected chi connectivity index (χ0v) is 19.9. The van der Waals surface area contributed by atoms with Crippen molar-refractivity contribution in [2.45, 2.75) is 40.3 Å². The molecule has 0 aliphatic heterocycles. The van der Waals surface area contributed by atoms with Crippen molar-refractivity contribution < 1.29 is 25.8 Å². The summed E-state index contributed by atoms with van der Waals surface area (Å²) in [6, 6.07) is 4.07. The monoisotopic (exact) mass is 510 g/mol. The average Bonchev–Trinajstić information content (AvgIpc) is 2.85. The fourth-order valence-corrected chi connectivity index (χ4v) is 1.52. The van der Waals surface area contributed by atoms with Gasteiger partial charge in [0.05, 0.1) is 0 Å². The zero-order valence-electron chi connectivity index (χ0n) is 13.5. The summed E-state index contributed by atoms with van der Waals surface area (Å²) < 4.78 is 0. The van der Waals surface area contributed by atoms with E-state index in [9.17, 15) is 0 Å². The van der Waals surface area contributed by atoms with Gasteiger partial charge in [0.25, 0.3) is 0 Å². The fraction of sp³-hybridized carbons (Fsp3) is 0.375. The van der Waals surface area contributed by atoms with Crippen LogP contribution in [0.3, 0.4) is 0 Å². The molecule has 1 N–H and O–H groups in total. The van der Waals surface area contributed by atoms with Crippen LogP contribution in [0.15, 0.2) is 30.4 Å². The number of benzene rings is 1. The third-order valence-corrected chi connectivity index (χ3v) is 2.26. The summed E-state index contributed by atoms with van der Waals surface area (Å²) in [6.45, 7) is 10.4. The van der Waals surface area contributed by atoms with E-state index in [1.54, 1.807) is 0 Å². The molecule has 0 amide bonds. The standard InChI is InChI=1S/C9H12N.C5H5.C2H7Si.2ClH.Hf/c1-6-4-7(2)9(10)8(3)5-6;1-2-4-5-3-1;1-3-2;;;/h4-5,10H,1-3H3;1-3H,4H2;3H,1-2H3;2*1H;/q2*-1;;;;. The van der Waals surface area contributed by atoms with Crippen LogP contribution in [0, 0.1) is 26.8 Å². The molecule has 1 aliphatic rings. The second-order valence-electron chi connectivity index (χ2n) is 4.35. The van der Waals surface area contributed by atoms with E-state index in [2.05, 4.69) is 32.2 Å². The molecular formula is C16H26Cl2HfNSi-2. The van der Waals surface area contributed by atoms with Crippen LogP contribution in [0.2, 0.25) is 13.1 Å². The van der Waals surface area contributed by atoms with Gasteiger partial charge in [-0.15, -0.1) is 36.9 Å². The first-order valence-corrected chi connectivity index (χ1v) is 8.59. The summed E-state index contributed by atoms with van der Waals surface area (Å²) in [7, 11) is 0.750. The average molecular weight is 510 g/mol. The van der Waals surface area contributed by atoms with E-state index in [1.165, 1.54) is 5.56 Å². The van der Waals surface area contributed by atoms with Crippen LogP contribution in [-0.2, 0) is 25.8 Å². The molecule has 0 heterocycles. The molecule has 21 heavy (non-hydrogen) atoms. The summed E-state index contributed by atoms with van der Waals surface area (Å²) in [6.07, 6.45) is 10.0. The number of hydrogen-bond acceptors (Lipinski definition) is 0. The Balaban J connectivity index is -0.000000113. The van der Waals surface area contributed by atoms with E-state index in [1.807, 2.05) is 38.1 Å². The molecule has 119 valence electrons. The first kappa shape index (κ1) is 29.2. The Hall–Kier alpha value is 0.167. The van der Waals surface area contributed by atoms with Crippen LogP contribution < -0.4 is 0 Å². The molecule has 1 aliphatic carbocycles. The minimum Gasteiger partial charge on any atom is -0.698 e. The first-order valence-electron chi connectivity index (χ1n) is 6.28. The van der Waals surface area contributed by atoms with Crippen molar-refractivity contribution in [2.75, 3.05) is 0 Å². The molecule has 0 atom stereocenters. The Morgan fingerprint density at radius 3 is 1.71 bits per heavy atom. The van der Waals surface area contributed by atoms with E-state index < -0.39 is 0 Å². The second-order valence-corrected chi connectivity index (χ2v) is 5.51. The molecule has 0 aromatic heterocycles. The number of nitrogens with one attached hydrogen (secondary N) is 1. The molecule has 1 aromatic rings. The summed E-state index contributed by atoms with van der Waals surface area (Å²) >= 11 is 0. The summed E-state index contributed by atoms with van der Waals surface area (Å²) in [5.74, 6) is 0.